The Morgan fingerprint density at radius 3 is 3.14 bits per heavy atom. The van der Waals surface area contributed by atoms with Gasteiger partial charge in [-0.1, -0.05) is 6.08 Å². The molecule has 0 aromatic rings. The van der Waals surface area contributed by atoms with Crippen molar-refractivity contribution in [1.29, 1.82) is 0 Å². The van der Waals surface area contributed by atoms with E-state index in [1.54, 1.807) is 0 Å². The molecule has 4 heteroatoms. The van der Waals surface area contributed by atoms with Gasteiger partial charge in [0, 0.05) is 19.1 Å². The molecule has 1 aliphatic rings. The summed E-state index contributed by atoms with van der Waals surface area (Å²) in [6.07, 6.45) is 4.03. The Kier molecular flexibility index (Phi) is 4.62. The lowest BCUT2D eigenvalue weighted by Crippen LogP contribution is -2.47. The predicted octanol–water partition coefficient (Wildman–Crippen LogP) is 0.311. The van der Waals surface area contributed by atoms with Crippen LogP contribution in [0.25, 0.3) is 0 Å². The summed E-state index contributed by atoms with van der Waals surface area (Å²) in [5, 5.41) is 12.0. The lowest BCUT2D eigenvalue weighted by Gasteiger charge is -2.31. The maximum atomic E-state index is 10.5. The van der Waals surface area contributed by atoms with E-state index >= 15 is 0 Å². The van der Waals surface area contributed by atoms with E-state index in [2.05, 4.69) is 11.9 Å². The van der Waals surface area contributed by atoms with E-state index < -0.39 is 5.97 Å². The van der Waals surface area contributed by atoms with Gasteiger partial charge in [0.1, 0.15) is 0 Å². The summed E-state index contributed by atoms with van der Waals surface area (Å²) in [7, 11) is 0. The van der Waals surface area contributed by atoms with Crippen molar-refractivity contribution in [3.63, 3.8) is 0 Å². The van der Waals surface area contributed by atoms with E-state index in [0.717, 1.165) is 32.5 Å². The number of likely N-dealkylation sites (tertiary alicyclic amines) is 1. The van der Waals surface area contributed by atoms with E-state index in [-0.39, 0.29) is 6.54 Å². The standard InChI is InChI=1S/C10H18N2O2/c1-2-5-11-9-4-3-6-12(7-9)8-10(13)14/h2,9,11H,1,3-8H2,(H,13,14). The van der Waals surface area contributed by atoms with Crippen LogP contribution in [0.15, 0.2) is 12.7 Å². The second-order valence-corrected chi connectivity index (χ2v) is 3.66. The number of piperidine rings is 1. The minimum absolute atomic E-state index is 0.159. The van der Waals surface area contributed by atoms with Crippen molar-refractivity contribution in [1.82, 2.24) is 10.2 Å². The van der Waals surface area contributed by atoms with Crippen molar-refractivity contribution in [2.24, 2.45) is 0 Å². The number of hydrogen-bond acceptors (Lipinski definition) is 3. The van der Waals surface area contributed by atoms with Crippen molar-refractivity contribution in [2.45, 2.75) is 18.9 Å². The van der Waals surface area contributed by atoms with Crippen LogP contribution in [0.1, 0.15) is 12.8 Å². The van der Waals surface area contributed by atoms with Gasteiger partial charge in [0.05, 0.1) is 6.54 Å². The van der Waals surface area contributed by atoms with Crippen LogP contribution >= 0.6 is 0 Å². The Morgan fingerprint density at radius 2 is 2.50 bits per heavy atom. The van der Waals surface area contributed by atoms with Gasteiger partial charge in [-0.05, 0) is 19.4 Å². The molecule has 0 radical (unpaired) electrons. The smallest absolute Gasteiger partial charge is 0.317 e. The second-order valence-electron chi connectivity index (χ2n) is 3.66. The molecule has 0 aromatic heterocycles. The average Bonchev–Trinajstić information content (AvgIpc) is 2.14. The number of carboxylic acid groups (broad SMARTS) is 1. The average molecular weight is 198 g/mol. The van der Waals surface area contributed by atoms with E-state index in [9.17, 15) is 4.79 Å². The predicted molar refractivity (Wildman–Crippen MR) is 55.3 cm³/mol. The molecule has 4 nitrogen and oxygen atoms in total. The summed E-state index contributed by atoms with van der Waals surface area (Å²) in [6.45, 7) is 6.33. The fraction of sp³-hybridized carbons (Fsp3) is 0.700. The molecule has 0 saturated carbocycles. The zero-order valence-electron chi connectivity index (χ0n) is 8.41. The van der Waals surface area contributed by atoms with Crippen LogP contribution in [0.5, 0.6) is 0 Å². The van der Waals surface area contributed by atoms with Crippen molar-refractivity contribution >= 4 is 5.97 Å². The molecule has 14 heavy (non-hydrogen) atoms. The summed E-state index contributed by atoms with van der Waals surface area (Å²) in [5.74, 6) is -0.741. The van der Waals surface area contributed by atoms with Gasteiger partial charge < -0.3 is 10.4 Å². The lowest BCUT2D eigenvalue weighted by molar-refractivity contribution is -0.138. The highest BCUT2D eigenvalue weighted by Gasteiger charge is 2.20. The van der Waals surface area contributed by atoms with Crippen molar-refractivity contribution in [3.8, 4) is 0 Å². The van der Waals surface area contributed by atoms with Crippen molar-refractivity contribution < 1.29 is 9.90 Å². The molecule has 0 aliphatic carbocycles. The number of rotatable bonds is 5. The number of hydrogen-bond donors (Lipinski definition) is 2. The normalized spacial score (nSPS) is 23.3. The van der Waals surface area contributed by atoms with E-state index in [1.165, 1.54) is 0 Å². The molecule has 1 rings (SSSR count). The molecule has 1 saturated heterocycles. The maximum absolute atomic E-state index is 10.5. The minimum atomic E-state index is -0.741. The van der Waals surface area contributed by atoms with Crippen LogP contribution < -0.4 is 5.32 Å². The monoisotopic (exact) mass is 198 g/mol. The lowest BCUT2D eigenvalue weighted by atomic mass is 10.1. The van der Waals surface area contributed by atoms with Crippen LogP contribution in [0.3, 0.4) is 0 Å². The number of carbonyl (C=O) groups is 1. The maximum Gasteiger partial charge on any atom is 0.317 e. The molecular weight excluding hydrogens is 180 g/mol. The fourth-order valence-corrected chi connectivity index (χ4v) is 1.81. The zero-order chi connectivity index (χ0) is 10.4. The first-order valence-electron chi connectivity index (χ1n) is 5.01. The summed E-state index contributed by atoms with van der Waals surface area (Å²) in [4.78, 5) is 12.5. The first-order valence-corrected chi connectivity index (χ1v) is 5.01. The van der Waals surface area contributed by atoms with Crippen LogP contribution in [-0.2, 0) is 4.79 Å². The number of aliphatic carboxylic acids is 1. The molecule has 1 aliphatic heterocycles. The van der Waals surface area contributed by atoms with Crippen LogP contribution in [0.2, 0.25) is 0 Å². The molecule has 1 heterocycles. The van der Waals surface area contributed by atoms with E-state index in [1.807, 2.05) is 11.0 Å². The number of nitrogens with zero attached hydrogens (tertiary/aromatic N) is 1. The third-order valence-electron chi connectivity index (χ3n) is 2.42. The molecule has 0 spiro atoms. The molecule has 1 fully saturated rings. The molecular formula is C10H18N2O2. The van der Waals surface area contributed by atoms with E-state index in [0.29, 0.717) is 6.04 Å². The van der Waals surface area contributed by atoms with Gasteiger partial charge in [-0.3, -0.25) is 9.69 Å². The fourth-order valence-electron chi connectivity index (χ4n) is 1.81. The molecule has 80 valence electrons. The summed E-state index contributed by atoms with van der Waals surface area (Å²) in [5.41, 5.74) is 0. The van der Waals surface area contributed by atoms with Crippen LogP contribution in [-0.4, -0.2) is 48.2 Å². The van der Waals surface area contributed by atoms with Crippen LogP contribution in [0, 0.1) is 0 Å². The van der Waals surface area contributed by atoms with Crippen molar-refractivity contribution in [2.75, 3.05) is 26.2 Å². The number of carboxylic acids is 1. The third kappa shape index (κ3) is 3.89. The van der Waals surface area contributed by atoms with E-state index in [4.69, 9.17) is 5.11 Å². The van der Waals surface area contributed by atoms with Gasteiger partial charge in [-0.15, -0.1) is 6.58 Å². The number of nitrogens with one attached hydrogen (secondary N) is 1. The third-order valence-corrected chi connectivity index (χ3v) is 2.42. The first-order chi connectivity index (χ1) is 6.72. The topological polar surface area (TPSA) is 52.6 Å². The van der Waals surface area contributed by atoms with Crippen LogP contribution in [0.4, 0.5) is 0 Å². The largest absolute Gasteiger partial charge is 0.480 e. The zero-order valence-corrected chi connectivity index (χ0v) is 8.41. The molecule has 0 aromatic carbocycles. The Hall–Kier alpha value is -0.870. The summed E-state index contributed by atoms with van der Waals surface area (Å²) in [6, 6.07) is 0.418. The van der Waals surface area contributed by atoms with Gasteiger partial charge in [-0.25, -0.2) is 0 Å². The SMILES string of the molecule is C=CCNC1CCCN(CC(=O)O)C1. The van der Waals surface area contributed by atoms with Gasteiger partial charge in [0.2, 0.25) is 0 Å². The Labute approximate surface area is 84.6 Å². The Bertz CT molecular complexity index is 206. The molecule has 1 atom stereocenters. The van der Waals surface area contributed by atoms with Gasteiger partial charge >= 0.3 is 5.97 Å². The molecule has 1 unspecified atom stereocenters. The molecule has 2 N–H and O–H groups in total. The van der Waals surface area contributed by atoms with Gasteiger partial charge in [-0.2, -0.15) is 0 Å². The summed E-state index contributed by atoms with van der Waals surface area (Å²) < 4.78 is 0. The highest BCUT2D eigenvalue weighted by Crippen LogP contribution is 2.09. The Morgan fingerprint density at radius 1 is 1.71 bits per heavy atom. The van der Waals surface area contributed by atoms with Gasteiger partial charge in [0.15, 0.2) is 0 Å². The minimum Gasteiger partial charge on any atom is -0.480 e. The highest BCUT2D eigenvalue weighted by molar-refractivity contribution is 5.69. The van der Waals surface area contributed by atoms with Crippen molar-refractivity contribution in [3.05, 3.63) is 12.7 Å². The molecule has 0 amide bonds. The molecule has 0 bridgehead atoms. The Balaban J connectivity index is 2.27. The quantitative estimate of drug-likeness (QED) is 0.624. The van der Waals surface area contributed by atoms with Gasteiger partial charge in [0.25, 0.3) is 0 Å². The summed E-state index contributed by atoms with van der Waals surface area (Å²) >= 11 is 0. The second kappa shape index (κ2) is 5.78. The highest BCUT2D eigenvalue weighted by atomic mass is 16.4. The first kappa shape index (κ1) is 11.2.